The molecule has 210 valence electrons. The summed E-state index contributed by atoms with van der Waals surface area (Å²) >= 11 is 0. The van der Waals surface area contributed by atoms with E-state index in [1.54, 1.807) is 14.1 Å². The number of amides is 1. The first kappa shape index (κ1) is 27.4. The molecule has 2 unspecified atom stereocenters. The molecule has 0 spiro atoms. The molecular formula is C28H35N3O8. The Morgan fingerprint density at radius 2 is 1.69 bits per heavy atom. The van der Waals surface area contributed by atoms with Gasteiger partial charge in [0.25, 0.3) is 0 Å². The zero-order valence-corrected chi connectivity index (χ0v) is 23.0. The monoisotopic (exact) mass is 541 g/mol. The minimum absolute atomic E-state index is 0.000980. The van der Waals surface area contributed by atoms with Gasteiger partial charge in [0.05, 0.1) is 24.6 Å². The fraction of sp³-hybridized carbons (Fsp3) is 0.607. The van der Waals surface area contributed by atoms with E-state index in [0.717, 1.165) is 5.56 Å². The molecule has 1 aromatic rings. The standard InChI is InChI=1S/C28H35N3O8/c1-27(2,3)31-9-13-14(10-31)23(39-6)12-7-11-8-15-19(30(4)5)22(34)18(26(29)37)25(36)28(15,38)24(35)16(11)21(33)17(12)20(13)32/h11,15-16,18-19,32,38H,7-10H2,1-6H3,(H2,29,37)/t11-,15-,16?,18?,19-,28-/m0/s1. The van der Waals surface area contributed by atoms with Gasteiger partial charge in [0, 0.05) is 41.2 Å². The Bertz CT molecular complexity index is 1350. The lowest BCUT2D eigenvalue weighted by Crippen LogP contribution is -2.74. The summed E-state index contributed by atoms with van der Waals surface area (Å²) in [5.74, 6) is -10.0. The highest BCUT2D eigenvalue weighted by Crippen LogP contribution is 2.54. The maximum atomic E-state index is 14.0. The van der Waals surface area contributed by atoms with Crippen LogP contribution in [0.5, 0.6) is 11.5 Å². The summed E-state index contributed by atoms with van der Waals surface area (Å²) in [4.78, 5) is 70.3. The second kappa shape index (κ2) is 8.67. The van der Waals surface area contributed by atoms with Crippen molar-refractivity contribution in [3.63, 3.8) is 0 Å². The number of hydrogen-bond acceptors (Lipinski definition) is 10. The molecule has 39 heavy (non-hydrogen) atoms. The summed E-state index contributed by atoms with van der Waals surface area (Å²) in [5.41, 5.74) is 4.18. The molecule has 2 saturated carbocycles. The van der Waals surface area contributed by atoms with Gasteiger partial charge in [-0.2, -0.15) is 0 Å². The van der Waals surface area contributed by atoms with Gasteiger partial charge in [-0.3, -0.25) is 33.8 Å². The number of aromatic hydroxyl groups is 1. The Labute approximate surface area is 226 Å². The lowest BCUT2D eigenvalue weighted by molar-refractivity contribution is -0.181. The van der Waals surface area contributed by atoms with Crippen molar-refractivity contribution in [2.24, 2.45) is 29.4 Å². The largest absolute Gasteiger partial charge is 0.507 e. The van der Waals surface area contributed by atoms with Crippen LogP contribution in [0.1, 0.15) is 54.2 Å². The number of rotatable bonds is 3. The molecule has 11 nitrogen and oxygen atoms in total. The van der Waals surface area contributed by atoms with Crippen molar-refractivity contribution in [2.45, 2.75) is 63.9 Å². The van der Waals surface area contributed by atoms with Crippen LogP contribution in [0.25, 0.3) is 0 Å². The molecule has 3 aliphatic carbocycles. The maximum Gasteiger partial charge on any atom is 0.235 e. The van der Waals surface area contributed by atoms with E-state index in [1.165, 1.54) is 12.0 Å². The lowest BCUT2D eigenvalue weighted by atomic mass is 9.52. The first-order valence-corrected chi connectivity index (χ1v) is 13.1. The van der Waals surface area contributed by atoms with E-state index in [9.17, 15) is 34.2 Å². The van der Waals surface area contributed by atoms with Gasteiger partial charge in [-0.05, 0) is 53.6 Å². The highest BCUT2D eigenvalue weighted by atomic mass is 16.5. The fourth-order valence-corrected chi connectivity index (χ4v) is 7.31. The zero-order valence-electron chi connectivity index (χ0n) is 23.0. The van der Waals surface area contributed by atoms with Gasteiger partial charge in [0.1, 0.15) is 11.5 Å². The van der Waals surface area contributed by atoms with Gasteiger partial charge in [-0.15, -0.1) is 0 Å². The van der Waals surface area contributed by atoms with E-state index in [4.69, 9.17) is 10.5 Å². The van der Waals surface area contributed by atoms with E-state index >= 15 is 0 Å². The fourth-order valence-electron chi connectivity index (χ4n) is 7.31. The maximum absolute atomic E-state index is 14.0. The molecule has 1 heterocycles. The summed E-state index contributed by atoms with van der Waals surface area (Å²) in [5, 5.41) is 23.1. The number of fused-ring (bicyclic) bond motifs is 4. The van der Waals surface area contributed by atoms with Crippen LogP contribution in [0.2, 0.25) is 0 Å². The summed E-state index contributed by atoms with van der Waals surface area (Å²) in [6.07, 6.45) is 0.171. The van der Waals surface area contributed by atoms with Crippen LogP contribution in [0.4, 0.5) is 0 Å². The molecule has 6 atom stereocenters. The number of primary amides is 1. The summed E-state index contributed by atoms with van der Waals surface area (Å²) in [6.45, 7) is 7.01. The highest BCUT2D eigenvalue weighted by molar-refractivity contribution is 6.32. The number of methoxy groups -OCH3 is 1. The van der Waals surface area contributed by atoms with Crippen molar-refractivity contribution in [3.05, 3.63) is 22.3 Å². The molecule has 0 aromatic heterocycles. The third-order valence-corrected chi connectivity index (χ3v) is 9.24. The number of benzene rings is 1. The van der Waals surface area contributed by atoms with Crippen LogP contribution >= 0.6 is 0 Å². The van der Waals surface area contributed by atoms with Gasteiger partial charge in [-0.1, -0.05) is 0 Å². The molecule has 0 radical (unpaired) electrons. The molecule has 11 heteroatoms. The molecule has 4 N–H and O–H groups in total. The number of phenolic OH excluding ortho intramolecular Hbond substituents is 1. The van der Waals surface area contributed by atoms with Gasteiger partial charge in [0.15, 0.2) is 34.7 Å². The molecule has 0 bridgehead atoms. The number of ketones is 4. The molecule has 5 rings (SSSR count). The minimum Gasteiger partial charge on any atom is -0.507 e. The molecule has 1 aliphatic heterocycles. The van der Waals surface area contributed by atoms with Crippen LogP contribution in [0.15, 0.2) is 0 Å². The predicted molar refractivity (Wildman–Crippen MR) is 137 cm³/mol. The average molecular weight is 542 g/mol. The first-order valence-electron chi connectivity index (χ1n) is 13.1. The normalized spacial score (nSPS) is 32.6. The Kier molecular flexibility index (Phi) is 6.10. The molecule has 1 aromatic carbocycles. The molecule has 2 fully saturated rings. The van der Waals surface area contributed by atoms with E-state index < -0.39 is 64.4 Å². The average Bonchev–Trinajstić information content (AvgIpc) is 3.27. The Morgan fingerprint density at radius 1 is 1.08 bits per heavy atom. The third kappa shape index (κ3) is 3.56. The van der Waals surface area contributed by atoms with Crippen molar-refractivity contribution in [2.75, 3.05) is 21.2 Å². The third-order valence-electron chi connectivity index (χ3n) is 9.24. The number of nitrogens with two attached hydrogens (primary N) is 1. The van der Waals surface area contributed by atoms with Crippen molar-refractivity contribution >= 4 is 29.0 Å². The number of nitrogens with zero attached hydrogens (tertiary/aromatic N) is 2. The van der Waals surface area contributed by atoms with Crippen LogP contribution in [-0.2, 0) is 38.7 Å². The molecular weight excluding hydrogens is 506 g/mol. The number of carbonyl (C=O) groups excluding carboxylic acids is 5. The Morgan fingerprint density at radius 3 is 2.23 bits per heavy atom. The number of Topliss-reactive ketones (excluding diaryl/α,β-unsaturated/α-hetero) is 4. The summed E-state index contributed by atoms with van der Waals surface area (Å²) < 4.78 is 5.79. The summed E-state index contributed by atoms with van der Waals surface area (Å²) in [7, 11) is 4.61. The second-order valence-electron chi connectivity index (χ2n) is 12.5. The molecule has 1 amide bonds. The Balaban J connectivity index is 1.65. The van der Waals surface area contributed by atoms with Crippen molar-refractivity contribution in [1.29, 1.82) is 0 Å². The van der Waals surface area contributed by atoms with Crippen LogP contribution in [-0.4, -0.2) is 87.4 Å². The van der Waals surface area contributed by atoms with Gasteiger partial charge < -0.3 is 20.7 Å². The van der Waals surface area contributed by atoms with Crippen LogP contribution in [0, 0.1) is 23.7 Å². The number of carbonyl (C=O) groups is 5. The van der Waals surface area contributed by atoms with Crippen molar-refractivity contribution < 1.29 is 38.9 Å². The van der Waals surface area contributed by atoms with E-state index in [2.05, 4.69) is 4.90 Å². The van der Waals surface area contributed by atoms with E-state index in [0.29, 0.717) is 30.0 Å². The number of phenols is 1. The first-order chi connectivity index (χ1) is 18.1. The SMILES string of the molecule is COc1c2c(c(O)c3c1C[C@H]1C[C@H]4[C@H](N(C)C)C(=O)C(C(N)=O)C(=O)[C@@]4(O)C(=O)C1C3=O)CN(C(C)(C)C)C2. The van der Waals surface area contributed by atoms with Crippen molar-refractivity contribution in [1.82, 2.24) is 9.80 Å². The zero-order chi connectivity index (χ0) is 28.9. The number of hydrogen-bond donors (Lipinski definition) is 3. The minimum atomic E-state index is -2.74. The van der Waals surface area contributed by atoms with Gasteiger partial charge >= 0.3 is 0 Å². The molecule has 0 saturated heterocycles. The van der Waals surface area contributed by atoms with Crippen LogP contribution < -0.4 is 10.5 Å². The van der Waals surface area contributed by atoms with Gasteiger partial charge in [-0.25, -0.2) is 0 Å². The lowest BCUT2D eigenvalue weighted by Gasteiger charge is -2.52. The topological polar surface area (TPSA) is 168 Å². The van der Waals surface area contributed by atoms with E-state index in [-0.39, 0.29) is 29.7 Å². The molecule has 4 aliphatic rings. The van der Waals surface area contributed by atoms with Gasteiger partial charge in [0.2, 0.25) is 5.91 Å². The highest BCUT2D eigenvalue weighted by Gasteiger charge is 2.69. The summed E-state index contributed by atoms with van der Waals surface area (Å²) in [6, 6.07) is -1.14. The number of aliphatic hydroxyl groups is 1. The van der Waals surface area contributed by atoms with E-state index in [1.807, 2.05) is 20.8 Å². The predicted octanol–water partition coefficient (Wildman–Crippen LogP) is -0.0103. The van der Waals surface area contributed by atoms with Crippen molar-refractivity contribution in [3.8, 4) is 11.5 Å². The number of likely N-dealkylation sites (N-methyl/N-ethyl adjacent to an activating group) is 1. The Hall–Kier alpha value is -3.15. The quantitative estimate of drug-likeness (QED) is 0.443. The second-order valence-corrected chi connectivity index (χ2v) is 12.5. The smallest absolute Gasteiger partial charge is 0.235 e. The van der Waals surface area contributed by atoms with Crippen LogP contribution in [0.3, 0.4) is 0 Å². The number of ether oxygens (including phenoxy) is 1.